The van der Waals surface area contributed by atoms with E-state index in [1.807, 2.05) is 37.3 Å². The lowest BCUT2D eigenvalue weighted by molar-refractivity contribution is -0.109. The highest BCUT2D eigenvalue weighted by Crippen LogP contribution is 2.15. The van der Waals surface area contributed by atoms with E-state index in [1.165, 1.54) is 0 Å². The van der Waals surface area contributed by atoms with Gasteiger partial charge in [-0.3, -0.25) is 0 Å². The molecule has 0 saturated carbocycles. The molecule has 1 aromatic carbocycles. The summed E-state index contributed by atoms with van der Waals surface area (Å²) in [6.07, 6.45) is 0.789. The lowest BCUT2D eigenvalue weighted by Crippen LogP contribution is -2.27. The van der Waals surface area contributed by atoms with Crippen LogP contribution in [0.25, 0.3) is 0 Å². The van der Waals surface area contributed by atoms with Crippen LogP contribution in [-0.4, -0.2) is 12.3 Å². The van der Waals surface area contributed by atoms with Crippen molar-refractivity contribution in [2.45, 2.75) is 18.9 Å². The van der Waals surface area contributed by atoms with Crippen LogP contribution in [0.4, 0.5) is 0 Å². The summed E-state index contributed by atoms with van der Waals surface area (Å²) < 4.78 is 0. The van der Waals surface area contributed by atoms with E-state index < -0.39 is 6.04 Å². The Labute approximate surface area is 72.4 Å². The third-order valence-corrected chi connectivity index (χ3v) is 2.06. The summed E-state index contributed by atoms with van der Waals surface area (Å²) in [5, 5.41) is 0. The first-order valence-electron chi connectivity index (χ1n) is 4.01. The van der Waals surface area contributed by atoms with Crippen molar-refractivity contribution >= 4 is 6.29 Å². The Morgan fingerprint density at radius 2 is 1.92 bits per heavy atom. The van der Waals surface area contributed by atoms with E-state index in [0.717, 1.165) is 11.8 Å². The maximum Gasteiger partial charge on any atom is 0.137 e. The summed E-state index contributed by atoms with van der Waals surface area (Å²) in [6, 6.07) is 9.41. The lowest BCUT2D eigenvalue weighted by Gasteiger charge is -2.13. The first-order chi connectivity index (χ1) is 5.75. The van der Waals surface area contributed by atoms with Crippen LogP contribution in [0.2, 0.25) is 0 Å². The zero-order valence-corrected chi connectivity index (χ0v) is 7.10. The van der Waals surface area contributed by atoms with Gasteiger partial charge in [0.25, 0.3) is 0 Å². The van der Waals surface area contributed by atoms with Crippen LogP contribution in [0.1, 0.15) is 18.4 Å². The molecule has 2 heteroatoms. The minimum absolute atomic E-state index is 0.101. The van der Waals surface area contributed by atoms with Gasteiger partial charge in [-0.15, -0.1) is 0 Å². The number of carbonyl (C=O) groups excluding carboxylic acids is 1. The zero-order chi connectivity index (χ0) is 8.97. The largest absolute Gasteiger partial charge is 0.321 e. The molecule has 0 amide bonds. The predicted molar refractivity (Wildman–Crippen MR) is 48.9 cm³/mol. The highest BCUT2D eigenvalue weighted by molar-refractivity contribution is 5.59. The standard InChI is InChI=1S/C10H13NO/c1-8(10(11)7-12)9-5-3-2-4-6-9/h2-8,10H,11H2,1H3. The molecule has 2 unspecified atom stereocenters. The molecule has 0 aromatic heterocycles. The molecule has 0 aliphatic carbocycles. The van der Waals surface area contributed by atoms with Gasteiger partial charge in [0, 0.05) is 5.92 Å². The van der Waals surface area contributed by atoms with Crippen LogP contribution < -0.4 is 5.73 Å². The van der Waals surface area contributed by atoms with E-state index in [0.29, 0.717) is 0 Å². The SMILES string of the molecule is CC(c1ccccc1)C(N)C=O. The van der Waals surface area contributed by atoms with Crippen LogP contribution in [0, 0.1) is 0 Å². The minimum atomic E-state index is -0.396. The summed E-state index contributed by atoms with van der Waals surface area (Å²) in [7, 11) is 0. The molecule has 64 valence electrons. The van der Waals surface area contributed by atoms with Crippen LogP contribution >= 0.6 is 0 Å². The molecule has 2 nitrogen and oxygen atoms in total. The van der Waals surface area contributed by atoms with Crippen molar-refractivity contribution in [3.8, 4) is 0 Å². The van der Waals surface area contributed by atoms with Gasteiger partial charge in [0.15, 0.2) is 0 Å². The Bertz CT molecular complexity index is 245. The molecule has 0 heterocycles. The quantitative estimate of drug-likeness (QED) is 0.683. The monoisotopic (exact) mass is 163 g/mol. The average Bonchev–Trinajstić information content (AvgIpc) is 2.17. The van der Waals surface area contributed by atoms with Gasteiger partial charge < -0.3 is 10.5 Å². The Morgan fingerprint density at radius 3 is 2.42 bits per heavy atom. The fourth-order valence-electron chi connectivity index (χ4n) is 1.10. The summed E-state index contributed by atoms with van der Waals surface area (Å²) in [6.45, 7) is 1.95. The molecule has 1 aromatic rings. The number of aldehydes is 1. The fourth-order valence-corrected chi connectivity index (χ4v) is 1.10. The molecular formula is C10H13NO. The molecule has 0 saturated heterocycles. The van der Waals surface area contributed by atoms with Gasteiger partial charge in [0.1, 0.15) is 6.29 Å². The Morgan fingerprint density at radius 1 is 1.33 bits per heavy atom. The van der Waals surface area contributed by atoms with Gasteiger partial charge in [0.2, 0.25) is 0 Å². The Balaban J connectivity index is 2.78. The second-order valence-corrected chi connectivity index (χ2v) is 2.91. The highest BCUT2D eigenvalue weighted by atomic mass is 16.1. The maximum atomic E-state index is 10.4. The van der Waals surface area contributed by atoms with E-state index in [2.05, 4.69) is 0 Å². The van der Waals surface area contributed by atoms with Crippen molar-refractivity contribution in [3.63, 3.8) is 0 Å². The molecule has 0 aliphatic heterocycles. The summed E-state index contributed by atoms with van der Waals surface area (Å²) >= 11 is 0. The number of rotatable bonds is 3. The molecule has 2 atom stereocenters. The van der Waals surface area contributed by atoms with Crippen molar-refractivity contribution in [1.29, 1.82) is 0 Å². The molecular weight excluding hydrogens is 150 g/mol. The minimum Gasteiger partial charge on any atom is -0.321 e. The number of benzene rings is 1. The fraction of sp³-hybridized carbons (Fsp3) is 0.300. The summed E-state index contributed by atoms with van der Waals surface area (Å²) in [5.74, 6) is 0.101. The van der Waals surface area contributed by atoms with E-state index in [9.17, 15) is 4.79 Å². The first-order valence-corrected chi connectivity index (χ1v) is 4.01. The van der Waals surface area contributed by atoms with E-state index in [-0.39, 0.29) is 5.92 Å². The third kappa shape index (κ3) is 1.92. The molecule has 0 spiro atoms. The van der Waals surface area contributed by atoms with E-state index in [4.69, 9.17) is 5.73 Å². The number of hydrogen-bond acceptors (Lipinski definition) is 2. The smallest absolute Gasteiger partial charge is 0.137 e. The molecule has 0 bridgehead atoms. The predicted octanol–water partition coefficient (Wildman–Crippen LogP) is 1.32. The molecule has 2 N–H and O–H groups in total. The Kier molecular flexibility index (Phi) is 3.00. The van der Waals surface area contributed by atoms with E-state index >= 15 is 0 Å². The first kappa shape index (κ1) is 8.94. The van der Waals surface area contributed by atoms with Gasteiger partial charge in [-0.1, -0.05) is 37.3 Å². The van der Waals surface area contributed by atoms with Gasteiger partial charge in [-0.05, 0) is 5.56 Å². The normalized spacial score (nSPS) is 15.2. The van der Waals surface area contributed by atoms with Crippen LogP contribution in [0.3, 0.4) is 0 Å². The second-order valence-electron chi connectivity index (χ2n) is 2.91. The molecule has 12 heavy (non-hydrogen) atoms. The maximum absolute atomic E-state index is 10.4. The van der Waals surface area contributed by atoms with Crippen LogP contribution in [0.15, 0.2) is 30.3 Å². The summed E-state index contributed by atoms with van der Waals surface area (Å²) in [5.41, 5.74) is 6.69. The number of nitrogens with two attached hydrogens (primary N) is 1. The lowest BCUT2D eigenvalue weighted by atomic mass is 9.95. The van der Waals surface area contributed by atoms with Crippen molar-refractivity contribution in [3.05, 3.63) is 35.9 Å². The van der Waals surface area contributed by atoms with Crippen molar-refractivity contribution in [2.24, 2.45) is 5.73 Å². The molecule has 1 rings (SSSR count). The highest BCUT2D eigenvalue weighted by Gasteiger charge is 2.12. The molecule has 0 fully saturated rings. The van der Waals surface area contributed by atoms with Crippen LogP contribution in [-0.2, 0) is 4.79 Å². The van der Waals surface area contributed by atoms with Crippen LogP contribution in [0.5, 0.6) is 0 Å². The molecule has 0 aliphatic rings. The topological polar surface area (TPSA) is 43.1 Å². The van der Waals surface area contributed by atoms with Gasteiger partial charge >= 0.3 is 0 Å². The van der Waals surface area contributed by atoms with E-state index in [1.54, 1.807) is 0 Å². The third-order valence-electron chi connectivity index (χ3n) is 2.06. The number of carbonyl (C=O) groups is 1. The van der Waals surface area contributed by atoms with Crippen molar-refractivity contribution < 1.29 is 4.79 Å². The van der Waals surface area contributed by atoms with Gasteiger partial charge in [-0.25, -0.2) is 0 Å². The number of hydrogen-bond donors (Lipinski definition) is 1. The molecule has 0 radical (unpaired) electrons. The zero-order valence-electron chi connectivity index (χ0n) is 7.10. The van der Waals surface area contributed by atoms with Crippen molar-refractivity contribution in [2.75, 3.05) is 0 Å². The summed E-state index contributed by atoms with van der Waals surface area (Å²) in [4.78, 5) is 10.4. The average molecular weight is 163 g/mol. The van der Waals surface area contributed by atoms with Gasteiger partial charge in [-0.2, -0.15) is 0 Å². The van der Waals surface area contributed by atoms with Gasteiger partial charge in [0.05, 0.1) is 6.04 Å². The second kappa shape index (κ2) is 4.02. The Hall–Kier alpha value is -1.15. The van der Waals surface area contributed by atoms with Crippen molar-refractivity contribution in [1.82, 2.24) is 0 Å².